The van der Waals surface area contributed by atoms with Crippen molar-refractivity contribution in [2.75, 3.05) is 20.3 Å². The minimum Gasteiger partial charge on any atom is -0.385 e. The zero-order valence-electron chi connectivity index (χ0n) is 12.7. The zero-order chi connectivity index (χ0) is 14.0. The molecule has 1 amide bonds. The first-order valence-electron chi connectivity index (χ1n) is 7.58. The van der Waals surface area contributed by atoms with Crippen molar-refractivity contribution in [1.82, 2.24) is 10.2 Å². The molecular formula is C15H28N2O2. The van der Waals surface area contributed by atoms with Crippen LogP contribution in [0.3, 0.4) is 0 Å². The van der Waals surface area contributed by atoms with Gasteiger partial charge in [-0.05, 0) is 37.5 Å². The van der Waals surface area contributed by atoms with E-state index in [1.807, 2.05) is 0 Å². The second-order valence-corrected chi connectivity index (χ2v) is 6.41. The summed E-state index contributed by atoms with van der Waals surface area (Å²) in [5, 5.41) is 3.46. The lowest BCUT2D eigenvalue weighted by molar-refractivity contribution is -0.131. The lowest BCUT2D eigenvalue weighted by Crippen LogP contribution is -2.39. The summed E-state index contributed by atoms with van der Waals surface area (Å²) in [5.74, 6) is 0.708. The Kier molecular flexibility index (Phi) is 4.51. The molecule has 1 heterocycles. The smallest absolute Gasteiger partial charge is 0.241 e. The molecule has 2 rings (SSSR count). The summed E-state index contributed by atoms with van der Waals surface area (Å²) in [7, 11) is 1.75. The Morgan fingerprint density at radius 2 is 2.21 bits per heavy atom. The minimum absolute atomic E-state index is 0.0122. The van der Waals surface area contributed by atoms with Crippen LogP contribution in [0.4, 0.5) is 0 Å². The van der Waals surface area contributed by atoms with Gasteiger partial charge in [-0.3, -0.25) is 10.1 Å². The van der Waals surface area contributed by atoms with Gasteiger partial charge in [-0.25, -0.2) is 0 Å². The number of carbonyl (C=O) groups excluding carboxylic acids is 1. The molecular weight excluding hydrogens is 240 g/mol. The quantitative estimate of drug-likeness (QED) is 0.768. The molecule has 1 aliphatic carbocycles. The van der Waals surface area contributed by atoms with Crippen molar-refractivity contribution in [2.45, 2.75) is 58.7 Å². The fourth-order valence-corrected chi connectivity index (χ4v) is 2.99. The van der Waals surface area contributed by atoms with Crippen molar-refractivity contribution in [3.63, 3.8) is 0 Å². The molecule has 3 atom stereocenters. The van der Waals surface area contributed by atoms with Gasteiger partial charge in [0.25, 0.3) is 0 Å². The van der Waals surface area contributed by atoms with Crippen LogP contribution in [0.25, 0.3) is 0 Å². The molecule has 3 unspecified atom stereocenters. The van der Waals surface area contributed by atoms with Crippen molar-refractivity contribution in [3.8, 4) is 0 Å². The minimum atomic E-state index is 0.0122. The van der Waals surface area contributed by atoms with Crippen LogP contribution >= 0.6 is 0 Å². The predicted molar refractivity (Wildman–Crippen MR) is 75.7 cm³/mol. The Hall–Kier alpha value is -0.610. The first kappa shape index (κ1) is 14.8. The Labute approximate surface area is 116 Å². The SMILES string of the molecule is CCC(C)C1NC(C)N(CC2(CCOC)CC2)C1=O. The van der Waals surface area contributed by atoms with Crippen LogP contribution < -0.4 is 5.32 Å². The molecule has 0 spiro atoms. The van der Waals surface area contributed by atoms with Gasteiger partial charge in [0.15, 0.2) is 0 Å². The summed E-state index contributed by atoms with van der Waals surface area (Å²) < 4.78 is 5.19. The highest BCUT2D eigenvalue weighted by atomic mass is 16.5. The number of amides is 1. The summed E-state index contributed by atoms with van der Waals surface area (Å²) in [5.41, 5.74) is 0.339. The van der Waals surface area contributed by atoms with E-state index in [0.717, 1.165) is 26.0 Å². The average molecular weight is 268 g/mol. The third kappa shape index (κ3) is 3.11. The maximum Gasteiger partial charge on any atom is 0.241 e. The molecule has 1 saturated carbocycles. The first-order valence-corrected chi connectivity index (χ1v) is 7.58. The number of carbonyl (C=O) groups is 1. The Morgan fingerprint density at radius 1 is 1.53 bits per heavy atom. The predicted octanol–water partition coefficient (Wildman–Crippen LogP) is 2.00. The molecule has 2 fully saturated rings. The number of hydrogen-bond acceptors (Lipinski definition) is 3. The molecule has 4 nitrogen and oxygen atoms in total. The van der Waals surface area contributed by atoms with E-state index in [4.69, 9.17) is 4.74 Å². The molecule has 1 saturated heterocycles. The Morgan fingerprint density at radius 3 is 2.74 bits per heavy atom. The van der Waals surface area contributed by atoms with Crippen LogP contribution in [0.2, 0.25) is 0 Å². The normalized spacial score (nSPS) is 30.7. The lowest BCUT2D eigenvalue weighted by atomic mass is 9.98. The molecule has 110 valence electrons. The van der Waals surface area contributed by atoms with Crippen molar-refractivity contribution in [1.29, 1.82) is 0 Å². The molecule has 4 heteroatoms. The van der Waals surface area contributed by atoms with Gasteiger partial charge >= 0.3 is 0 Å². The Balaban J connectivity index is 1.95. The first-order chi connectivity index (χ1) is 9.03. The van der Waals surface area contributed by atoms with Crippen LogP contribution in [0.5, 0.6) is 0 Å². The number of methoxy groups -OCH3 is 1. The molecule has 1 aliphatic heterocycles. The van der Waals surface area contributed by atoms with Gasteiger partial charge in [0.1, 0.15) is 0 Å². The van der Waals surface area contributed by atoms with Gasteiger partial charge < -0.3 is 9.64 Å². The van der Waals surface area contributed by atoms with Gasteiger partial charge in [0.2, 0.25) is 5.91 Å². The molecule has 2 aliphatic rings. The van der Waals surface area contributed by atoms with E-state index < -0.39 is 0 Å². The van der Waals surface area contributed by atoms with Crippen molar-refractivity contribution in [3.05, 3.63) is 0 Å². The molecule has 19 heavy (non-hydrogen) atoms. The largest absolute Gasteiger partial charge is 0.385 e. The third-order valence-corrected chi connectivity index (χ3v) is 4.95. The standard InChI is InChI=1S/C15H28N2O2/c1-5-11(2)13-14(18)17(12(3)16-13)10-15(6-7-15)8-9-19-4/h11-13,16H,5-10H2,1-4H3. The van der Waals surface area contributed by atoms with E-state index in [-0.39, 0.29) is 12.2 Å². The number of hydrogen-bond donors (Lipinski definition) is 1. The summed E-state index contributed by atoms with van der Waals surface area (Å²) in [4.78, 5) is 14.6. The van der Waals surface area contributed by atoms with E-state index in [1.54, 1.807) is 7.11 Å². The topological polar surface area (TPSA) is 41.6 Å². The van der Waals surface area contributed by atoms with Crippen LogP contribution in [-0.4, -0.2) is 43.3 Å². The zero-order valence-corrected chi connectivity index (χ0v) is 12.7. The van der Waals surface area contributed by atoms with E-state index in [0.29, 0.717) is 17.2 Å². The van der Waals surface area contributed by atoms with Crippen molar-refractivity contribution < 1.29 is 9.53 Å². The van der Waals surface area contributed by atoms with E-state index in [2.05, 4.69) is 31.0 Å². The highest BCUT2D eigenvalue weighted by Crippen LogP contribution is 2.50. The van der Waals surface area contributed by atoms with E-state index >= 15 is 0 Å². The number of nitrogens with zero attached hydrogens (tertiary/aromatic N) is 1. The van der Waals surface area contributed by atoms with Crippen LogP contribution in [0, 0.1) is 11.3 Å². The number of nitrogens with one attached hydrogen (secondary N) is 1. The van der Waals surface area contributed by atoms with Crippen LogP contribution in [0.15, 0.2) is 0 Å². The number of ether oxygens (including phenoxy) is 1. The third-order valence-electron chi connectivity index (χ3n) is 4.95. The maximum absolute atomic E-state index is 12.5. The molecule has 0 radical (unpaired) electrons. The van der Waals surface area contributed by atoms with Crippen LogP contribution in [-0.2, 0) is 9.53 Å². The van der Waals surface area contributed by atoms with Gasteiger partial charge in [0.05, 0.1) is 12.2 Å². The van der Waals surface area contributed by atoms with Crippen LogP contribution in [0.1, 0.15) is 46.5 Å². The van der Waals surface area contributed by atoms with Crippen molar-refractivity contribution >= 4 is 5.91 Å². The summed E-state index contributed by atoms with van der Waals surface area (Å²) in [6, 6.07) is 0.0122. The summed E-state index contributed by atoms with van der Waals surface area (Å²) in [6.07, 6.45) is 4.76. The van der Waals surface area contributed by atoms with E-state index in [1.165, 1.54) is 12.8 Å². The molecule has 1 N–H and O–H groups in total. The molecule has 0 aromatic heterocycles. The molecule has 0 aromatic carbocycles. The lowest BCUT2D eigenvalue weighted by Gasteiger charge is -2.26. The summed E-state index contributed by atoms with van der Waals surface area (Å²) in [6.45, 7) is 8.11. The highest BCUT2D eigenvalue weighted by Gasteiger charge is 2.48. The Bertz CT molecular complexity index is 328. The fraction of sp³-hybridized carbons (Fsp3) is 0.933. The van der Waals surface area contributed by atoms with Crippen molar-refractivity contribution in [2.24, 2.45) is 11.3 Å². The van der Waals surface area contributed by atoms with Gasteiger partial charge in [-0.1, -0.05) is 20.3 Å². The number of rotatable bonds is 7. The molecule has 0 aromatic rings. The highest BCUT2D eigenvalue weighted by molar-refractivity contribution is 5.84. The average Bonchev–Trinajstić information content (AvgIpc) is 3.12. The second kappa shape index (κ2) is 5.80. The second-order valence-electron chi connectivity index (χ2n) is 6.41. The summed E-state index contributed by atoms with van der Waals surface area (Å²) >= 11 is 0. The van der Waals surface area contributed by atoms with E-state index in [9.17, 15) is 4.79 Å². The van der Waals surface area contributed by atoms with Gasteiger partial charge in [-0.2, -0.15) is 0 Å². The van der Waals surface area contributed by atoms with Gasteiger partial charge in [0, 0.05) is 20.3 Å². The molecule has 0 bridgehead atoms. The maximum atomic E-state index is 12.5. The monoisotopic (exact) mass is 268 g/mol. The van der Waals surface area contributed by atoms with Gasteiger partial charge in [-0.15, -0.1) is 0 Å². The fourth-order valence-electron chi connectivity index (χ4n) is 2.99.